The summed E-state index contributed by atoms with van der Waals surface area (Å²) in [7, 11) is 0. The molecule has 0 saturated heterocycles. The summed E-state index contributed by atoms with van der Waals surface area (Å²) >= 11 is 6.02. The van der Waals surface area contributed by atoms with Crippen molar-refractivity contribution < 1.29 is 9.90 Å². The summed E-state index contributed by atoms with van der Waals surface area (Å²) in [6.07, 6.45) is 0.272. The molecule has 3 nitrogen and oxygen atoms in total. The number of amides is 1. The minimum atomic E-state index is -0.0654. The van der Waals surface area contributed by atoms with Crippen LogP contribution in [0.5, 0.6) is 0 Å². The van der Waals surface area contributed by atoms with Crippen molar-refractivity contribution in [1.82, 2.24) is 5.32 Å². The smallest absolute Gasteiger partial charge is 0.224 e. The Bertz CT molecular complexity index is 581. The number of aliphatic hydroxyl groups is 1. The Morgan fingerprint density at radius 2 is 1.70 bits per heavy atom. The summed E-state index contributed by atoms with van der Waals surface area (Å²) in [5, 5.41) is 12.4. The van der Waals surface area contributed by atoms with Gasteiger partial charge in [0.2, 0.25) is 5.91 Å². The van der Waals surface area contributed by atoms with Gasteiger partial charge >= 0.3 is 0 Å². The van der Waals surface area contributed by atoms with Gasteiger partial charge in [0.05, 0.1) is 13.0 Å². The molecule has 0 saturated carbocycles. The zero-order chi connectivity index (χ0) is 14.4. The number of nitrogens with one attached hydrogen (secondary N) is 1. The average Bonchev–Trinajstić information content (AvgIpc) is 2.48. The highest BCUT2D eigenvalue weighted by atomic mass is 35.5. The van der Waals surface area contributed by atoms with Crippen molar-refractivity contribution in [2.45, 2.75) is 19.6 Å². The number of halogens is 1. The maximum Gasteiger partial charge on any atom is 0.224 e. The van der Waals surface area contributed by atoms with Crippen LogP contribution >= 0.6 is 11.6 Å². The van der Waals surface area contributed by atoms with E-state index in [9.17, 15) is 4.79 Å². The molecule has 0 aliphatic rings. The molecule has 2 aromatic carbocycles. The highest BCUT2D eigenvalue weighted by molar-refractivity contribution is 6.31. The largest absolute Gasteiger partial charge is 0.392 e. The molecule has 0 aliphatic heterocycles. The fraction of sp³-hybridized carbons (Fsp3) is 0.188. The molecular formula is C16H16ClNO2. The number of hydrogen-bond donors (Lipinski definition) is 2. The molecule has 0 spiro atoms. The summed E-state index contributed by atoms with van der Waals surface area (Å²) in [5.74, 6) is -0.0654. The Balaban J connectivity index is 1.87. The molecule has 0 atom stereocenters. The van der Waals surface area contributed by atoms with Crippen molar-refractivity contribution >= 4 is 17.5 Å². The van der Waals surface area contributed by atoms with E-state index in [1.165, 1.54) is 0 Å². The van der Waals surface area contributed by atoms with Crippen LogP contribution in [0.15, 0.2) is 48.5 Å². The third-order valence-electron chi connectivity index (χ3n) is 3.00. The predicted molar refractivity (Wildman–Crippen MR) is 79.4 cm³/mol. The zero-order valence-electron chi connectivity index (χ0n) is 11.0. The molecule has 0 bridgehead atoms. The van der Waals surface area contributed by atoms with Gasteiger partial charge in [-0.25, -0.2) is 0 Å². The second-order valence-corrected chi connectivity index (χ2v) is 4.93. The summed E-state index contributed by atoms with van der Waals surface area (Å²) in [5.41, 5.74) is 2.67. The van der Waals surface area contributed by atoms with Gasteiger partial charge in [-0.3, -0.25) is 4.79 Å². The zero-order valence-corrected chi connectivity index (χ0v) is 11.7. The molecule has 0 unspecified atom stereocenters. The lowest BCUT2D eigenvalue weighted by Crippen LogP contribution is -2.24. The van der Waals surface area contributed by atoms with E-state index in [4.69, 9.17) is 16.7 Å². The van der Waals surface area contributed by atoms with Crippen LogP contribution in [0.2, 0.25) is 5.02 Å². The van der Waals surface area contributed by atoms with Gasteiger partial charge in [-0.05, 0) is 22.8 Å². The van der Waals surface area contributed by atoms with Crippen LogP contribution < -0.4 is 5.32 Å². The van der Waals surface area contributed by atoms with Crippen LogP contribution in [0.3, 0.4) is 0 Å². The first-order valence-corrected chi connectivity index (χ1v) is 6.75. The molecule has 2 aromatic rings. The lowest BCUT2D eigenvalue weighted by atomic mass is 10.1. The summed E-state index contributed by atoms with van der Waals surface area (Å²) < 4.78 is 0. The fourth-order valence-corrected chi connectivity index (χ4v) is 2.04. The van der Waals surface area contributed by atoms with Gasteiger partial charge in [-0.2, -0.15) is 0 Å². The first kappa shape index (κ1) is 14.6. The molecule has 0 aromatic heterocycles. The molecule has 0 fully saturated rings. The van der Waals surface area contributed by atoms with Gasteiger partial charge in [0.15, 0.2) is 0 Å². The van der Waals surface area contributed by atoms with Gasteiger partial charge in [-0.1, -0.05) is 54.1 Å². The molecule has 0 radical (unpaired) electrons. The lowest BCUT2D eigenvalue weighted by molar-refractivity contribution is -0.120. The van der Waals surface area contributed by atoms with Gasteiger partial charge < -0.3 is 10.4 Å². The molecule has 0 aliphatic carbocycles. The summed E-state index contributed by atoms with van der Waals surface area (Å²) in [6, 6.07) is 14.8. The number of carbonyl (C=O) groups is 1. The second kappa shape index (κ2) is 7.08. The minimum Gasteiger partial charge on any atom is -0.392 e. The van der Waals surface area contributed by atoms with Crippen LogP contribution in [0.4, 0.5) is 0 Å². The van der Waals surface area contributed by atoms with Crippen molar-refractivity contribution in [1.29, 1.82) is 0 Å². The van der Waals surface area contributed by atoms with E-state index in [0.717, 1.165) is 16.7 Å². The van der Waals surface area contributed by atoms with Gasteiger partial charge in [-0.15, -0.1) is 0 Å². The number of aliphatic hydroxyl groups excluding tert-OH is 1. The Morgan fingerprint density at radius 1 is 1.05 bits per heavy atom. The quantitative estimate of drug-likeness (QED) is 0.889. The van der Waals surface area contributed by atoms with E-state index in [1.54, 1.807) is 6.07 Å². The Morgan fingerprint density at radius 3 is 2.35 bits per heavy atom. The van der Waals surface area contributed by atoms with Crippen molar-refractivity contribution in [3.05, 3.63) is 70.2 Å². The molecule has 4 heteroatoms. The minimum absolute atomic E-state index is 0.0269. The lowest BCUT2D eigenvalue weighted by Gasteiger charge is -2.07. The van der Waals surface area contributed by atoms with Crippen LogP contribution in [-0.4, -0.2) is 11.0 Å². The van der Waals surface area contributed by atoms with Crippen molar-refractivity contribution in [2.24, 2.45) is 0 Å². The van der Waals surface area contributed by atoms with E-state index in [-0.39, 0.29) is 18.9 Å². The average molecular weight is 290 g/mol. The Kier molecular flexibility index (Phi) is 5.16. The molecule has 104 valence electrons. The van der Waals surface area contributed by atoms with Crippen LogP contribution in [0, 0.1) is 0 Å². The van der Waals surface area contributed by atoms with E-state index in [2.05, 4.69) is 5.32 Å². The predicted octanol–water partition coefficient (Wildman–Crippen LogP) is 2.69. The highest BCUT2D eigenvalue weighted by Crippen LogP contribution is 2.15. The van der Waals surface area contributed by atoms with Gasteiger partial charge in [0.1, 0.15) is 0 Å². The fourth-order valence-electron chi connectivity index (χ4n) is 1.84. The monoisotopic (exact) mass is 289 g/mol. The third kappa shape index (κ3) is 4.08. The van der Waals surface area contributed by atoms with E-state index in [0.29, 0.717) is 11.6 Å². The molecule has 0 heterocycles. The van der Waals surface area contributed by atoms with Crippen molar-refractivity contribution in [3.8, 4) is 0 Å². The first-order valence-electron chi connectivity index (χ1n) is 6.38. The van der Waals surface area contributed by atoms with E-state index in [1.807, 2.05) is 42.5 Å². The SMILES string of the molecule is O=C(Cc1ccccc1Cl)NCc1ccc(CO)cc1. The van der Waals surface area contributed by atoms with Crippen LogP contribution in [0.25, 0.3) is 0 Å². The third-order valence-corrected chi connectivity index (χ3v) is 3.37. The summed E-state index contributed by atoms with van der Waals surface area (Å²) in [4.78, 5) is 11.9. The van der Waals surface area contributed by atoms with Crippen molar-refractivity contribution in [3.63, 3.8) is 0 Å². The Hall–Kier alpha value is -1.84. The maximum atomic E-state index is 11.9. The number of carbonyl (C=O) groups excluding carboxylic acids is 1. The van der Waals surface area contributed by atoms with E-state index < -0.39 is 0 Å². The molecule has 2 rings (SSSR count). The summed E-state index contributed by atoms with van der Waals surface area (Å²) in [6.45, 7) is 0.494. The molecule has 20 heavy (non-hydrogen) atoms. The molecule has 1 amide bonds. The Labute approximate surface area is 123 Å². The van der Waals surface area contributed by atoms with Crippen molar-refractivity contribution in [2.75, 3.05) is 0 Å². The standard InChI is InChI=1S/C16H16ClNO2/c17-15-4-2-1-3-14(15)9-16(20)18-10-12-5-7-13(11-19)8-6-12/h1-8,19H,9-11H2,(H,18,20). The first-order chi connectivity index (χ1) is 9.69. The number of rotatable bonds is 5. The van der Waals surface area contributed by atoms with Crippen LogP contribution in [0.1, 0.15) is 16.7 Å². The topological polar surface area (TPSA) is 49.3 Å². The molecule has 2 N–H and O–H groups in total. The maximum absolute atomic E-state index is 11.9. The molecular weight excluding hydrogens is 274 g/mol. The van der Waals surface area contributed by atoms with Gasteiger partial charge in [0, 0.05) is 11.6 Å². The van der Waals surface area contributed by atoms with Gasteiger partial charge in [0.25, 0.3) is 0 Å². The normalized spacial score (nSPS) is 10.3. The highest BCUT2D eigenvalue weighted by Gasteiger charge is 2.06. The number of benzene rings is 2. The van der Waals surface area contributed by atoms with E-state index >= 15 is 0 Å². The van der Waals surface area contributed by atoms with Crippen LogP contribution in [-0.2, 0) is 24.4 Å². The second-order valence-electron chi connectivity index (χ2n) is 4.52. The number of hydrogen-bond acceptors (Lipinski definition) is 2.